The molecule has 0 radical (unpaired) electrons. The van der Waals surface area contributed by atoms with Crippen molar-refractivity contribution in [3.63, 3.8) is 0 Å². The van der Waals surface area contributed by atoms with E-state index in [-0.39, 0.29) is 42.1 Å². The molecule has 0 aromatic carbocycles. The average molecular weight is 344 g/mol. The van der Waals surface area contributed by atoms with Gasteiger partial charge in [0, 0.05) is 42.1 Å². The van der Waals surface area contributed by atoms with Crippen LogP contribution in [0.4, 0.5) is 0 Å². The molecule has 0 saturated heterocycles. The molecule has 0 aromatic rings. The Morgan fingerprint density at radius 1 is 1.20 bits per heavy atom. The summed E-state index contributed by atoms with van der Waals surface area (Å²) in [6.07, 6.45) is 0. The van der Waals surface area contributed by atoms with E-state index in [9.17, 15) is 0 Å². The standard InChI is InChI=1S/Mo.HO2P.W/c;1-3-2;/h;3H;. The van der Waals surface area contributed by atoms with Crippen molar-refractivity contribution < 1.29 is 51.3 Å². The first-order valence-electron chi connectivity index (χ1n) is 0.408. The average Bonchev–Trinajstić information content (AvgIpc) is 0.918. The van der Waals surface area contributed by atoms with Crippen molar-refractivity contribution in [3.05, 3.63) is 0 Å². The zero-order valence-electron chi connectivity index (χ0n) is 2.13. The van der Waals surface area contributed by atoms with E-state index >= 15 is 0 Å². The van der Waals surface area contributed by atoms with Crippen LogP contribution in [0, 0.1) is 0 Å². The number of rotatable bonds is 0. The summed E-state index contributed by atoms with van der Waals surface area (Å²) in [5.74, 6) is 0. The maximum absolute atomic E-state index is 8.40. The van der Waals surface area contributed by atoms with Crippen molar-refractivity contribution in [3.8, 4) is 0 Å². The van der Waals surface area contributed by atoms with Crippen LogP contribution in [0.25, 0.3) is 0 Å². The Hall–Kier alpha value is 1.28. The van der Waals surface area contributed by atoms with E-state index in [4.69, 9.17) is 9.13 Å². The van der Waals surface area contributed by atoms with Gasteiger partial charge in [0.2, 0.25) is 0 Å². The van der Waals surface area contributed by atoms with Gasteiger partial charge in [-0.15, -0.1) is 0 Å². The van der Waals surface area contributed by atoms with Crippen molar-refractivity contribution >= 4 is 8.34 Å². The molecule has 5 heteroatoms. The summed E-state index contributed by atoms with van der Waals surface area (Å²) in [5.41, 5.74) is 0. The van der Waals surface area contributed by atoms with E-state index in [1.54, 1.807) is 0 Å². The summed E-state index contributed by atoms with van der Waals surface area (Å²) in [6, 6.07) is 0. The van der Waals surface area contributed by atoms with Crippen molar-refractivity contribution in [1.29, 1.82) is 0 Å². The van der Waals surface area contributed by atoms with Gasteiger partial charge in [-0.3, -0.25) is 0 Å². The summed E-state index contributed by atoms with van der Waals surface area (Å²) in [7, 11) is -1.42. The smallest absolute Gasteiger partial charge is 0.241 e. The minimum Gasteiger partial charge on any atom is -0.241 e. The van der Waals surface area contributed by atoms with Crippen LogP contribution < -0.4 is 0 Å². The zero-order valence-corrected chi connectivity index (χ0v) is 8.07. The van der Waals surface area contributed by atoms with Crippen LogP contribution in [0.15, 0.2) is 0 Å². The Morgan fingerprint density at radius 3 is 1.20 bits per heavy atom. The van der Waals surface area contributed by atoms with Crippen LogP contribution in [-0.2, 0) is 51.3 Å². The molecule has 0 bridgehead atoms. The quantitative estimate of drug-likeness (QED) is 0.470. The zero-order chi connectivity index (χ0) is 2.71. The summed E-state index contributed by atoms with van der Waals surface area (Å²) in [4.78, 5) is 0. The molecule has 0 saturated carbocycles. The van der Waals surface area contributed by atoms with Crippen molar-refractivity contribution in [2.24, 2.45) is 0 Å². The molecule has 2 nitrogen and oxygen atoms in total. The van der Waals surface area contributed by atoms with E-state index in [1.807, 2.05) is 0 Å². The van der Waals surface area contributed by atoms with Crippen molar-refractivity contribution in [2.75, 3.05) is 0 Å². The molecule has 0 aliphatic heterocycles. The summed E-state index contributed by atoms with van der Waals surface area (Å²) < 4.78 is 16.8. The first-order valence-corrected chi connectivity index (χ1v) is 1.22. The van der Waals surface area contributed by atoms with Crippen LogP contribution in [0.2, 0.25) is 0 Å². The minimum absolute atomic E-state index is 0. The van der Waals surface area contributed by atoms with Gasteiger partial charge in [-0.25, -0.2) is 9.13 Å². The van der Waals surface area contributed by atoms with Crippen LogP contribution in [0.3, 0.4) is 0 Å². The molecule has 0 aromatic heterocycles. The van der Waals surface area contributed by atoms with Gasteiger partial charge in [-0.05, 0) is 0 Å². The van der Waals surface area contributed by atoms with E-state index in [2.05, 4.69) is 0 Å². The first-order chi connectivity index (χ1) is 1.41. The fourth-order valence-electron chi connectivity index (χ4n) is 0. The second-order valence-electron chi connectivity index (χ2n) is 0.0833. The van der Waals surface area contributed by atoms with Crippen molar-refractivity contribution in [1.82, 2.24) is 0 Å². The molecule has 30 valence electrons. The van der Waals surface area contributed by atoms with Gasteiger partial charge >= 0.3 is 8.34 Å². The van der Waals surface area contributed by atoms with Crippen LogP contribution in [-0.4, -0.2) is 0 Å². The molecule has 5 heavy (non-hydrogen) atoms. The van der Waals surface area contributed by atoms with Gasteiger partial charge in [0.25, 0.3) is 0 Å². The number of hydrogen-bond acceptors (Lipinski definition) is 2. The molecule has 0 aliphatic rings. The minimum atomic E-state index is -1.42. The summed E-state index contributed by atoms with van der Waals surface area (Å²) in [5, 5.41) is 0. The van der Waals surface area contributed by atoms with Gasteiger partial charge in [0.1, 0.15) is 0 Å². The van der Waals surface area contributed by atoms with Gasteiger partial charge in [-0.1, -0.05) is 0 Å². The Balaban J connectivity index is -0.0000000200. The van der Waals surface area contributed by atoms with E-state index in [0.717, 1.165) is 0 Å². The maximum Gasteiger partial charge on any atom is 0.303 e. The van der Waals surface area contributed by atoms with Crippen molar-refractivity contribution in [2.45, 2.75) is 0 Å². The third kappa shape index (κ3) is 34.8. The molecule has 0 N–H and O–H groups in total. The molecule has 0 atom stereocenters. The molecule has 0 aliphatic carbocycles. The van der Waals surface area contributed by atoms with Gasteiger partial charge in [0.05, 0.1) is 0 Å². The largest absolute Gasteiger partial charge is 0.303 e. The van der Waals surface area contributed by atoms with Crippen LogP contribution >= 0.6 is 8.34 Å². The Labute approximate surface area is 59.5 Å². The fourth-order valence-corrected chi connectivity index (χ4v) is 0. The van der Waals surface area contributed by atoms with Gasteiger partial charge in [-0.2, -0.15) is 0 Å². The second-order valence-corrected chi connectivity index (χ2v) is 0.250. The Bertz CT molecular complexity index is 30.6. The van der Waals surface area contributed by atoms with E-state index < -0.39 is 8.34 Å². The Kier molecular flexibility index (Phi) is 60.6. The molecular formula is HMoO2PW. The molecule has 0 unspecified atom stereocenters. The predicted molar refractivity (Wildman–Crippen MR) is 9.69 cm³/mol. The molecule has 0 heterocycles. The van der Waals surface area contributed by atoms with Crippen LogP contribution in [0.5, 0.6) is 0 Å². The third-order valence-electron chi connectivity index (χ3n) is 0. The Morgan fingerprint density at radius 2 is 1.20 bits per heavy atom. The normalized spacial score (nSPS) is 2.40. The van der Waals surface area contributed by atoms with Gasteiger partial charge < -0.3 is 0 Å². The fraction of sp³-hybridized carbons (Fsp3) is 0. The number of hydrogen-bond donors (Lipinski definition) is 0. The summed E-state index contributed by atoms with van der Waals surface area (Å²) >= 11 is 0. The van der Waals surface area contributed by atoms with E-state index in [0.29, 0.717) is 0 Å². The molecule has 0 amide bonds. The SMILES string of the molecule is O=[PH]=O.[Mo].[W]. The first kappa shape index (κ1) is 16.3. The topological polar surface area (TPSA) is 34.1 Å². The molecule has 0 rings (SSSR count). The molecule has 0 fully saturated rings. The maximum atomic E-state index is 8.40. The van der Waals surface area contributed by atoms with E-state index in [1.165, 1.54) is 0 Å². The van der Waals surface area contributed by atoms with Crippen LogP contribution in [0.1, 0.15) is 0 Å². The second kappa shape index (κ2) is 18.6. The monoisotopic (exact) mass is 346 g/mol. The predicted octanol–water partition coefficient (Wildman–Crippen LogP) is 0.351. The summed E-state index contributed by atoms with van der Waals surface area (Å²) in [6.45, 7) is 0. The molecule has 0 spiro atoms. The third-order valence-corrected chi connectivity index (χ3v) is 0. The molecular weight excluding hydrogens is 343 g/mol. The van der Waals surface area contributed by atoms with Gasteiger partial charge in [0.15, 0.2) is 0 Å².